The van der Waals surface area contributed by atoms with Crippen molar-refractivity contribution in [1.82, 2.24) is 4.98 Å². The molecule has 0 amide bonds. The summed E-state index contributed by atoms with van der Waals surface area (Å²) in [6.07, 6.45) is 0.868. The summed E-state index contributed by atoms with van der Waals surface area (Å²) in [7, 11) is 0. The Morgan fingerprint density at radius 3 is 2.54 bits per heavy atom. The second-order valence-corrected chi connectivity index (χ2v) is 6.67. The molecule has 3 rings (SSSR count). The fraction of sp³-hybridized carbons (Fsp3) is 0.238. The highest BCUT2D eigenvalue weighted by Gasteiger charge is 2.18. The van der Waals surface area contributed by atoms with Crippen molar-refractivity contribution in [3.8, 4) is 16.9 Å². The molecule has 0 saturated carbocycles. The molecule has 2 aromatic carbocycles. The van der Waals surface area contributed by atoms with E-state index in [0.29, 0.717) is 10.8 Å². The Balaban J connectivity index is 1.91. The topological polar surface area (TPSA) is 48.4 Å². The quantitative estimate of drug-likeness (QED) is 0.574. The molecule has 0 N–H and O–H groups in total. The van der Waals surface area contributed by atoms with E-state index in [1.807, 2.05) is 48.5 Å². The van der Waals surface area contributed by atoms with Gasteiger partial charge in [-0.25, -0.2) is 4.79 Å². The van der Waals surface area contributed by atoms with Gasteiger partial charge in [0.25, 0.3) is 0 Å². The van der Waals surface area contributed by atoms with Crippen molar-refractivity contribution in [3.63, 3.8) is 0 Å². The maximum absolute atomic E-state index is 11.9. The van der Waals surface area contributed by atoms with E-state index in [0.717, 1.165) is 22.0 Å². The van der Waals surface area contributed by atoms with Crippen molar-refractivity contribution in [2.45, 2.75) is 33.0 Å². The number of esters is 1. The van der Waals surface area contributed by atoms with Crippen LogP contribution in [0.1, 0.15) is 20.8 Å². The van der Waals surface area contributed by atoms with Gasteiger partial charge in [-0.3, -0.25) is 4.98 Å². The summed E-state index contributed by atoms with van der Waals surface area (Å²) >= 11 is 6.34. The molecule has 0 bridgehead atoms. The Morgan fingerprint density at radius 1 is 1.04 bits per heavy atom. The van der Waals surface area contributed by atoms with Crippen LogP contribution in [0.5, 0.6) is 5.75 Å². The van der Waals surface area contributed by atoms with Gasteiger partial charge in [0.05, 0.1) is 11.6 Å². The number of nitrogens with zero attached hydrogens (tertiary/aromatic N) is 1. The normalized spacial score (nSPS) is 12.2. The van der Waals surface area contributed by atoms with Gasteiger partial charge in [-0.15, -0.1) is 0 Å². The monoisotopic (exact) mass is 369 g/mol. The Morgan fingerprint density at radius 2 is 1.81 bits per heavy atom. The first-order valence-corrected chi connectivity index (χ1v) is 8.84. The number of halogens is 1. The molecule has 5 heteroatoms. The molecule has 134 valence electrons. The Kier molecular flexibility index (Phi) is 5.43. The van der Waals surface area contributed by atoms with Crippen molar-refractivity contribution in [3.05, 3.63) is 59.8 Å². The van der Waals surface area contributed by atoms with Gasteiger partial charge in [0.2, 0.25) is 0 Å². The minimum atomic E-state index is -0.693. The molecule has 0 aliphatic rings. The third kappa shape index (κ3) is 3.97. The maximum atomic E-state index is 11.9. The molecule has 1 aromatic heterocycles. The standard InChI is InChI=1S/C21H20ClNO3/c1-13(2)25-21(24)14(3)26-15-8-9-18-16(10-11-23-20(18)12-15)17-6-4-5-7-19(17)22/h4-14H,1-3H3/t14-/m1/s1. The van der Waals surface area contributed by atoms with E-state index in [2.05, 4.69) is 4.98 Å². The molecule has 26 heavy (non-hydrogen) atoms. The predicted octanol–water partition coefficient (Wildman–Crippen LogP) is 5.27. The Labute approximate surface area is 157 Å². The number of carbonyl (C=O) groups is 1. The summed E-state index contributed by atoms with van der Waals surface area (Å²) in [4.78, 5) is 16.3. The van der Waals surface area contributed by atoms with E-state index >= 15 is 0 Å². The van der Waals surface area contributed by atoms with Crippen molar-refractivity contribution in [2.24, 2.45) is 0 Å². The largest absolute Gasteiger partial charge is 0.479 e. The molecular weight excluding hydrogens is 350 g/mol. The first-order chi connectivity index (χ1) is 12.5. The van der Waals surface area contributed by atoms with E-state index in [1.54, 1.807) is 27.0 Å². The summed E-state index contributed by atoms with van der Waals surface area (Å²) in [5, 5.41) is 1.65. The van der Waals surface area contributed by atoms with Gasteiger partial charge in [-0.1, -0.05) is 29.8 Å². The molecule has 0 saturated heterocycles. The number of rotatable bonds is 5. The van der Waals surface area contributed by atoms with Crippen LogP contribution in [0.2, 0.25) is 5.02 Å². The average molecular weight is 370 g/mol. The van der Waals surface area contributed by atoms with E-state index in [9.17, 15) is 4.79 Å². The summed E-state index contributed by atoms with van der Waals surface area (Å²) in [6.45, 7) is 5.28. The summed E-state index contributed by atoms with van der Waals surface area (Å²) in [5.41, 5.74) is 2.72. The molecule has 3 aromatic rings. The molecule has 0 spiro atoms. The second kappa shape index (κ2) is 7.75. The first kappa shape index (κ1) is 18.2. The van der Waals surface area contributed by atoms with E-state index < -0.39 is 12.1 Å². The van der Waals surface area contributed by atoms with Gasteiger partial charge in [0.1, 0.15) is 5.75 Å². The van der Waals surface area contributed by atoms with Gasteiger partial charge in [-0.2, -0.15) is 0 Å². The fourth-order valence-electron chi connectivity index (χ4n) is 2.70. The highest BCUT2D eigenvalue weighted by Crippen LogP contribution is 2.33. The third-order valence-electron chi connectivity index (χ3n) is 3.87. The number of hydrogen-bond acceptors (Lipinski definition) is 4. The highest BCUT2D eigenvalue weighted by molar-refractivity contribution is 6.33. The van der Waals surface area contributed by atoms with Gasteiger partial charge in [0.15, 0.2) is 6.10 Å². The minimum absolute atomic E-state index is 0.176. The molecular formula is C21H20ClNO3. The number of benzene rings is 2. The second-order valence-electron chi connectivity index (χ2n) is 6.26. The zero-order chi connectivity index (χ0) is 18.7. The first-order valence-electron chi connectivity index (χ1n) is 8.46. The zero-order valence-electron chi connectivity index (χ0n) is 14.9. The summed E-state index contributed by atoms with van der Waals surface area (Å²) < 4.78 is 10.9. The smallest absolute Gasteiger partial charge is 0.347 e. The van der Waals surface area contributed by atoms with Gasteiger partial charge < -0.3 is 9.47 Å². The van der Waals surface area contributed by atoms with Crippen LogP contribution >= 0.6 is 11.6 Å². The molecule has 1 atom stereocenters. The molecule has 0 aliphatic heterocycles. The van der Waals surface area contributed by atoms with E-state index in [-0.39, 0.29) is 6.10 Å². The van der Waals surface area contributed by atoms with Gasteiger partial charge >= 0.3 is 5.97 Å². The third-order valence-corrected chi connectivity index (χ3v) is 4.20. The molecule has 0 unspecified atom stereocenters. The minimum Gasteiger partial charge on any atom is -0.479 e. The molecule has 1 heterocycles. The van der Waals surface area contributed by atoms with E-state index in [1.165, 1.54) is 0 Å². The SMILES string of the molecule is CC(C)OC(=O)[C@@H](C)Oc1ccc2c(-c3ccccc3Cl)ccnc2c1. The van der Waals surface area contributed by atoms with E-state index in [4.69, 9.17) is 21.1 Å². The van der Waals surface area contributed by atoms with Crippen LogP contribution in [-0.2, 0) is 9.53 Å². The van der Waals surface area contributed by atoms with Crippen LogP contribution in [0, 0.1) is 0 Å². The number of hydrogen-bond donors (Lipinski definition) is 0. The number of ether oxygens (including phenoxy) is 2. The van der Waals surface area contributed by atoms with Gasteiger partial charge in [0, 0.05) is 28.2 Å². The Hall–Kier alpha value is -2.59. The van der Waals surface area contributed by atoms with Gasteiger partial charge in [-0.05, 0) is 50.6 Å². The maximum Gasteiger partial charge on any atom is 0.347 e. The summed E-state index contributed by atoms with van der Waals surface area (Å²) in [5.74, 6) is 0.174. The number of carbonyl (C=O) groups excluding carboxylic acids is 1. The van der Waals surface area contributed by atoms with Crippen LogP contribution in [0.4, 0.5) is 0 Å². The highest BCUT2D eigenvalue weighted by atomic mass is 35.5. The van der Waals surface area contributed by atoms with Crippen molar-refractivity contribution >= 4 is 28.5 Å². The molecule has 0 fully saturated rings. The lowest BCUT2D eigenvalue weighted by atomic mass is 10.0. The Bertz CT molecular complexity index is 939. The van der Waals surface area contributed by atoms with Crippen LogP contribution in [0.15, 0.2) is 54.7 Å². The lowest BCUT2D eigenvalue weighted by molar-refractivity contribution is -0.154. The average Bonchev–Trinajstić information content (AvgIpc) is 2.61. The number of fused-ring (bicyclic) bond motifs is 1. The predicted molar refractivity (Wildman–Crippen MR) is 104 cm³/mol. The zero-order valence-corrected chi connectivity index (χ0v) is 15.7. The van der Waals surface area contributed by atoms with Crippen LogP contribution < -0.4 is 4.74 Å². The molecule has 4 nitrogen and oxygen atoms in total. The van der Waals surface area contributed by atoms with Crippen molar-refractivity contribution in [2.75, 3.05) is 0 Å². The lowest BCUT2D eigenvalue weighted by Crippen LogP contribution is -2.28. The number of pyridine rings is 1. The lowest BCUT2D eigenvalue weighted by Gasteiger charge is -2.16. The summed E-state index contributed by atoms with van der Waals surface area (Å²) in [6, 6.07) is 15.2. The molecule has 0 aliphatic carbocycles. The van der Waals surface area contributed by atoms with Crippen LogP contribution in [0.3, 0.4) is 0 Å². The van der Waals surface area contributed by atoms with Crippen LogP contribution in [-0.4, -0.2) is 23.2 Å². The van der Waals surface area contributed by atoms with Crippen molar-refractivity contribution in [1.29, 1.82) is 0 Å². The van der Waals surface area contributed by atoms with Crippen molar-refractivity contribution < 1.29 is 14.3 Å². The fourth-order valence-corrected chi connectivity index (χ4v) is 2.93. The molecule has 0 radical (unpaired) electrons. The number of aromatic nitrogens is 1. The van der Waals surface area contributed by atoms with Crippen LogP contribution in [0.25, 0.3) is 22.0 Å².